The number of carboxylic acid groups (broad SMARTS) is 1. The van der Waals surface area contributed by atoms with Crippen LogP contribution in [-0.2, 0) is 25.5 Å². The number of ether oxygens (including phenoxy) is 4. The van der Waals surface area contributed by atoms with Gasteiger partial charge in [-0.2, -0.15) is 0 Å². The number of aliphatic carboxylic acids is 1. The third-order valence-electron chi connectivity index (χ3n) is 4.26. The van der Waals surface area contributed by atoms with Crippen molar-refractivity contribution in [3.05, 3.63) is 29.8 Å². The Morgan fingerprint density at radius 2 is 1.38 bits per heavy atom. The van der Waals surface area contributed by atoms with E-state index in [0.29, 0.717) is 46.0 Å². The molecule has 0 heterocycles. The first-order chi connectivity index (χ1) is 14.2. The van der Waals surface area contributed by atoms with Gasteiger partial charge >= 0.3 is 5.97 Å². The molecule has 0 amide bonds. The van der Waals surface area contributed by atoms with Crippen molar-refractivity contribution < 1.29 is 28.8 Å². The second kappa shape index (κ2) is 18.4. The van der Waals surface area contributed by atoms with Gasteiger partial charge in [0.1, 0.15) is 5.75 Å². The zero-order chi connectivity index (χ0) is 21.0. The zero-order valence-corrected chi connectivity index (χ0v) is 17.5. The number of rotatable bonds is 20. The molecule has 0 fully saturated rings. The van der Waals surface area contributed by atoms with Crippen molar-refractivity contribution in [3.63, 3.8) is 0 Å². The number of unbranched alkanes of at least 4 members (excludes halogenated alkanes) is 4. The van der Waals surface area contributed by atoms with Crippen molar-refractivity contribution in [1.82, 2.24) is 0 Å². The first-order valence-electron chi connectivity index (χ1n) is 10.6. The van der Waals surface area contributed by atoms with Crippen LogP contribution in [-0.4, -0.2) is 57.3 Å². The highest BCUT2D eigenvalue weighted by atomic mass is 16.5. The highest BCUT2D eigenvalue weighted by Gasteiger charge is 1.98. The lowest BCUT2D eigenvalue weighted by Crippen LogP contribution is -2.10. The maximum Gasteiger partial charge on any atom is 0.303 e. The summed E-state index contributed by atoms with van der Waals surface area (Å²) in [6.45, 7) is 4.83. The number of carbonyl (C=O) groups is 1. The molecule has 0 bridgehead atoms. The lowest BCUT2D eigenvalue weighted by atomic mass is 10.2. The fourth-order valence-electron chi connectivity index (χ4n) is 2.63. The molecule has 0 saturated carbocycles. The van der Waals surface area contributed by atoms with Crippen molar-refractivity contribution >= 4 is 5.97 Å². The lowest BCUT2D eigenvalue weighted by molar-refractivity contribution is -0.137. The van der Waals surface area contributed by atoms with Crippen LogP contribution in [0.5, 0.6) is 5.75 Å². The quantitative estimate of drug-likeness (QED) is 0.317. The van der Waals surface area contributed by atoms with Crippen LogP contribution in [0.25, 0.3) is 0 Å². The Bertz CT molecular complexity index is 526. The SMILES string of the molecule is NCc1cccc(OCCCCCCOCCOCCOCCCCC(=O)O)c1. The topological polar surface area (TPSA) is 100 Å². The van der Waals surface area contributed by atoms with E-state index in [1.165, 1.54) is 0 Å². The van der Waals surface area contributed by atoms with Gasteiger partial charge in [0.05, 0.1) is 33.0 Å². The van der Waals surface area contributed by atoms with Crippen LogP contribution in [0.15, 0.2) is 24.3 Å². The van der Waals surface area contributed by atoms with Gasteiger partial charge in [-0.3, -0.25) is 4.79 Å². The molecule has 1 aromatic rings. The summed E-state index contributed by atoms with van der Waals surface area (Å²) >= 11 is 0. The summed E-state index contributed by atoms with van der Waals surface area (Å²) in [6.07, 6.45) is 5.95. The van der Waals surface area contributed by atoms with Crippen LogP contribution >= 0.6 is 0 Å². The third kappa shape index (κ3) is 15.9. The molecule has 29 heavy (non-hydrogen) atoms. The molecule has 0 aromatic heterocycles. The average Bonchev–Trinajstić information content (AvgIpc) is 2.72. The van der Waals surface area contributed by atoms with Crippen molar-refractivity contribution in [3.8, 4) is 5.75 Å². The number of carboxylic acids is 1. The summed E-state index contributed by atoms with van der Waals surface area (Å²) in [7, 11) is 0. The first-order valence-corrected chi connectivity index (χ1v) is 10.6. The molecule has 0 aliphatic heterocycles. The van der Waals surface area contributed by atoms with Gasteiger partial charge < -0.3 is 29.8 Å². The molecule has 0 spiro atoms. The van der Waals surface area contributed by atoms with Gasteiger partial charge in [0, 0.05) is 26.2 Å². The molecule has 0 atom stereocenters. The van der Waals surface area contributed by atoms with Crippen molar-refractivity contribution in [2.24, 2.45) is 5.73 Å². The Hall–Kier alpha value is -1.67. The van der Waals surface area contributed by atoms with Crippen LogP contribution in [0.1, 0.15) is 50.5 Å². The fraction of sp³-hybridized carbons (Fsp3) is 0.682. The van der Waals surface area contributed by atoms with Crippen molar-refractivity contribution in [1.29, 1.82) is 0 Å². The molecule has 1 rings (SSSR count). The zero-order valence-electron chi connectivity index (χ0n) is 17.5. The Labute approximate surface area is 174 Å². The second-order valence-electron chi connectivity index (χ2n) is 6.80. The number of hydrogen-bond donors (Lipinski definition) is 2. The summed E-state index contributed by atoms with van der Waals surface area (Å²) in [5.41, 5.74) is 6.71. The van der Waals surface area contributed by atoms with Crippen LogP contribution in [0, 0.1) is 0 Å². The molecular formula is C22H37NO6. The van der Waals surface area contributed by atoms with E-state index >= 15 is 0 Å². The molecule has 166 valence electrons. The normalized spacial score (nSPS) is 10.9. The van der Waals surface area contributed by atoms with Gasteiger partial charge in [0.25, 0.3) is 0 Å². The van der Waals surface area contributed by atoms with Crippen LogP contribution < -0.4 is 10.5 Å². The summed E-state index contributed by atoms with van der Waals surface area (Å²) < 4.78 is 22.1. The molecule has 3 N–H and O–H groups in total. The maximum atomic E-state index is 10.3. The van der Waals surface area contributed by atoms with Gasteiger partial charge in [-0.05, 0) is 49.8 Å². The Morgan fingerprint density at radius 3 is 2.00 bits per heavy atom. The minimum Gasteiger partial charge on any atom is -0.494 e. The highest BCUT2D eigenvalue weighted by molar-refractivity contribution is 5.66. The number of nitrogens with two attached hydrogens (primary N) is 1. The van der Waals surface area contributed by atoms with E-state index in [0.717, 1.165) is 56.6 Å². The third-order valence-corrected chi connectivity index (χ3v) is 4.26. The van der Waals surface area contributed by atoms with Gasteiger partial charge in [-0.15, -0.1) is 0 Å². The van der Waals surface area contributed by atoms with Gasteiger partial charge in [-0.25, -0.2) is 0 Å². The number of hydrogen-bond acceptors (Lipinski definition) is 6. The second-order valence-corrected chi connectivity index (χ2v) is 6.80. The molecule has 0 aliphatic rings. The first kappa shape index (κ1) is 25.4. The van der Waals surface area contributed by atoms with E-state index in [9.17, 15) is 4.79 Å². The fourth-order valence-corrected chi connectivity index (χ4v) is 2.63. The van der Waals surface area contributed by atoms with Crippen LogP contribution in [0.4, 0.5) is 0 Å². The molecule has 7 heteroatoms. The minimum absolute atomic E-state index is 0.203. The Balaban J connectivity index is 1.75. The molecule has 0 radical (unpaired) electrons. The minimum atomic E-state index is -0.757. The van der Waals surface area contributed by atoms with Crippen LogP contribution in [0.2, 0.25) is 0 Å². The van der Waals surface area contributed by atoms with Gasteiger partial charge in [0.2, 0.25) is 0 Å². The van der Waals surface area contributed by atoms with E-state index in [4.69, 9.17) is 29.8 Å². The van der Waals surface area contributed by atoms with E-state index in [1.807, 2.05) is 24.3 Å². The summed E-state index contributed by atoms with van der Waals surface area (Å²) in [5, 5.41) is 8.51. The monoisotopic (exact) mass is 411 g/mol. The molecule has 0 unspecified atom stereocenters. The van der Waals surface area contributed by atoms with Crippen LogP contribution in [0.3, 0.4) is 0 Å². The average molecular weight is 412 g/mol. The predicted octanol–water partition coefficient (Wildman–Crippen LogP) is 3.39. The molecule has 0 aliphatic carbocycles. The standard InChI is InChI=1S/C22H37NO6/c23-19-20-8-7-9-21(18-20)29-13-5-2-1-4-11-26-14-16-28-17-15-27-12-6-3-10-22(24)25/h7-9,18H,1-6,10-17,19,23H2,(H,24,25). The number of benzene rings is 1. The summed E-state index contributed by atoms with van der Waals surface area (Å²) in [4.78, 5) is 10.3. The lowest BCUT2D eigenvalue weighted by Gasteiger charge is -2.08. The smallest absolute Gasteiger partial charge is 0.303 e. The van der Waals surface area contributed by atoms with Gasteiger partial charge in [0.15, 0.2) is 0 Å². The van der Waals surface area contributed by atoms with E-state index in [-0.39, 0.29) is 6.42 Å². The highest BCUT2D eigenvalue weighted by Crippen LogP contribution is 2.13. The van der Waals surface area contributed by atoms with E-state index in [2.05, 4.69) is 0 Å². The molecular weight excluding hydrogens is 374 g/mol. The molecule has 0 saturated heterocycles. The Morgan fingerprint density at radius 1 is 0.793 bits per heavy atom. The molecule has 7 nitrogen and oxygen atoms in total. The largest absolute Gasteiger partial charge is 0.494 e. The van der Waals surface area contributed by atoms with E-state index < -0.39 is 5.97 Å². The Kier molecular flexibility index (Phi) is 16.1. The predicted molar refractivity (Wildman–Crippen MR) is 112 cm³/mol. The summed E-state index contributed by atoms with van der Waals surface area (Å²) in [5.74, 6) is 0.131. The summed E-state index contributed by atoms with van der Waals surface area (Å²) in [6, 6.07) is 7.92. The van der Waals surface area contributed by atoms with E-state index in [1.54, 1.807) is 0 Å². The van der Waals surface area contributed by atoms with Crippen molar-refractivity contribution in [2.75, 3.05) is 46.2 Å². The van der Waals surface area contributed by atoms with Crippen molar-refractivity contribution in [2.45, 2.75) is 51.5 Å². The molecule has 1 aromatic carbocycles. The van der Waals surface area contributed by atoms with Gasteiger partial charge in [-0.1, -0.05) is 18.6 Å². The maximum absolute atomic E-state index is 10.3.